The monoisotopic (exact) mass is 193 g/mol. The maximum Gasteiger partial charge on any atom is 0.137 e. The average Bonchev–Trinajstić information content (AvgIpc) is 3.01. The molecule has 76 valence electrons. The molecule has 1 unspecified atom stereocenters. The zero-order chi connectivity index (χ0) is 10.2. The second-order valence-corrected chi connectivity index (χ2v) is 4.04. The van der Waals surface area contributed by atoms with Gasteiger partial charge < -0.3 is 9.84 Å². The van der Waals surface area contributed by atoms with E-state index in [0.717, 1.165) is 18.4 Å². The number of hydrogen-bond donors (Lipinski definition) is 1. The second kappa shape index (κ2) is 3.24. The SMILES string of the molecule is COc1cncc(C(C)(O)C2CC2)c1. The van der Waals surface area contributed by atoms with Gasteiger partial charge in [-0.25, -0.2) is 0 Å². The van der Waals surface area contributed by atoms with E-state index in [1.165, 1.54) is 0 Å². The molecule has 1 heterocycles. The largest absolute Gasteiger partial charge is 0.495 e. The standard InChI is InChI=1S/C11H15NO2/c1-11(13,8-3-4-8)9-5-10(14-2)7-12-6-9/h5-8,13H,3-4H2,1-2H3. The summed E-state index contributed by atoms with van der Waals surface area (Å²) in [5.74, 6) is 1.08. The topological polar surface area (TPSA) is 42.4 Å². The molecule has 1 saturated carbocycles. The molecule has 3 heteroatoms. The van der Waals surface area contributed by atoms with Gasteiger partial charge in [-0.15, -0.1) is 0 Å². The first-order valence-corrected chi connectivity index (χ1v) is 4.86. The highest BCUT2D eigenvalue weighted by atomic mass is 16.5. The molecule has 1 aliphatic rings. The van der Waals surface area contributed by atoms with Crippen molar-refractivity contribution < 1.29 is 9.84 Å². The first-order valence-electron chi connectivity index (χ1n) is 4.86. The Kier molecular flexibility index (Phi) is 2.19. The molecule has 0 amide bonds. The quantitative estimate of drug-likeness (QED) is 0.794. The summed E-state index contributed by atoms with van der Waals surface area (Å²) in [6, 6.07) is 1.85. The van der Waals surface area contributed by atoms with E-state index >= 15 is 0 Å². The van der Waals surface area contributed by atoms with Gasteiger partial charge in [0.05, 0.1) is 18.9 Å². The molecule has 0 saturated heterocycles. The van der Waals surface area contributed by atoms with Crippen LogP contribution in [0.4, 0.5) is 0 Å². The molecule has 1 aromatic heterocycles. The van der Waals surface area contributed by atoms with Crippen LogP contribution in [0.15, 0.2) is 18.5 Å². The normalized spacial score (nSPS) is 20.2. The molecule has 2 rings (SSSR count). The predicted molar refractivity (Wildman–Crippen MR) is 53.1 cm³/mol. The Morgan fingerprint density at radius 1 is 1.50 bits per heavy atom. The molecule has 0 radical (unpaired) electrons. The third-order valence-electron chi connectivity index (χ3n) is 2.91. The number of aliphatic hydroxyl groups is 1. The Morgan fingerprint density at radius 3 is 2.79 bits per heavy atom. The minimum Gasteiger partial charge on any atom is -0.495 e. The highest BCUT2D eigenvalue weighted by Crippen LogP contribution is 2.45. The Hall–Kier alpha value is -1.09. The smallest absolute Gasteiger partial charge is 0.137 e. The number of methoxy groups -OCH3 is 1. The number of nitrogens with zero attached hydrogens (tertiary/aromatic N) is 1. The van der Waals surface area contributed by atoms with Gasteiger partial charge in [-0.1, -0.05) is 0 Å². The lowest BCUT2D eigenvalue weighted by Gasteiger charge is -2.23. The van der Waals surface area contributed by atoms with Crippen LogP contribution in [0, 0.1) is 5.92 Å². The Balaban J connectivity index is 2.30. The maximum atomic E-state index is 10.2. The van der Waals surface area contributed by atoms with Crippen molar-refractivity contribution in [3.05, 3.63) is 24.0 Å². The van der Waals surface area contributed by atoms with Crippen molar-refractivity contribution in [2.45, 2.75) is 25.4 Å². The molecule has 14 heavy (non-hydrogen) atoms. The Bertz CT molecular complexity index is 332. The van der Waals surface area contributed by atoms with Crippen molar-refractivity contribution >= 4 is 0 Å². The number of hydrogen-bond acceptors (Lipinski definition) is 3. The molecule has 3 nitrogen and oxygen atoms in total. The minimum atomic E-state index is -0.748. The number of pyridine rings is 1. The summed E-state index contributed by atoms with van der Waals surface area (Å²) in [5.41, 5.74) is 0.0981. The lowest BCUT2D eigenvalue weighted by molar-refractivity contribution is 0.0325. The van der Waals surface area contributed by atoms with Crippen molar-refractivity contribution in [1.29, 1.82) is 0 Å². The summed E-state index contributed by atoms with van der Waals surface area (Å²) >= 11 is 0. The maximum absolute atomic E-state index is 10.2. The van der Waals surface area contributed by atoms with E-state index in [9.17, 15) is 5.11 Å². The fourth-order valence-electron chi connectivity index (χ4n) is 1.69. The van der Waals surface area contributed by atoms with Crippen molar-refractivity contribution in [1.82, 2.24) is 4.98 Å². The molecular formula is C11H15NO2. The van der Waals surface area contributed by atoms with Crippen LogP contribution in [0.2, 0.25) is 0 Å². The Morgan fingerprint density at radius 2 is 2.21 bits per heavy atom. The van der Waals surface area contributed by atoms with Gasteiger partial charge in [-0.3, -0.25) is 4.98 Å². The van der Waals surface area contributed by atoms with E-state index in [1.807, 2.05) is 13.0 Å². The average molecular weight is 193 g/mol. The van der Waals surface area contributed by atoms with E-state index in [-0.39, 0.29) is 0 Å². The van der Waals surface area contributed by atoms with Crippen LogP contribution in [0.25, 0.3) is 0 Å². The van der Waals surface area contributed by atoms with Crippen molar-refractivity contribution in [3.8, 4) is 5.75 Å². The Labute approximate surface area is 83.7 Å². The highest BCUT2D eigenvalue weighted by Gasteiger charge is 2.41. The van der Waals surface area contributed by atoms with Gasteiger partial charge in [0.2, 0.25) is 0 Å². The summed E-state index contributed by atoms with van der Waals surface area (Å²) in [6.07, 6.45) is 5.56. The van der Waals surface area contributed by atoms with Crippen molar-refractivity contribution in [2.24, 2.45) is 5.92 Å². The zero-order valence-electron chi connectivity index (χ0n) is 8.53. The first-order chi connectivity index (χ1) is 6.64. The number of rotatable bonds is 3. The molecule has 1 atom stereocenters. The molecule has 1 aromatic rings. The summed E-state index contributed by atoms with van der Waals surface area (Å²) < 4.78 is 5.08. The lowest BCUT2D eigenvalue weighted by Crippen LogP contribution is -2.23. The van der Waals surface area contributed by atoms with Crippen LogP contribution < -0.4 is 4.74 Å². The van der Waals surface area contributed by atoms with Crippen LogP contribution >= 0.6 is 0 Å². The van der Waals surface area contributed by atoms with E-state index in [1.54, 1.807) is 19.5 Å². The van der Waals surface area contributed by atoms with Crippen LogP contribution in [0.3, 0.4) is 0 Å². The van der Waals surface area contributed by atoms with Gasteiger partial charge in [0, 0.05) is 11.8 Å². The highest BCUT2D eigenvalue weighted by molar-refractivity contribution is 5.29. The van der Waals surface area contributed by atoms with Crippen LogP contribution in [-0.4, -0.2) is 17.2 Å². The lowest BCUT2D eigenvalue weighted by atomic mass is 9.92. The third-order valence-corrected chi connectivity index (χ3v) is 2.91. The summed E-state index contributed by atoms with van der Waals surface area (Å²) in [5, 5.41) is 10.2. The van der Waals surface area contributed by atoms with Gasteiger partial charge in [0.1, 0.15) is 5.75 Å². The first kappa shape index (κ1) is 9.46. The van der Waals surface area contributed by atoms with Gasteiger partial charge in [-0.05, 0) is 31.7 Å². The number of ether oxygens (including phenoxy) is 1. The molecule has 0 aliphatic heterocycles. The molecule has 1 N–H and O–H groups in total. The van der Waals surface area contributed by atoms with E-state index < -0.39 is 5.60 Å². The fourth-order valence-corrected chi connectivity index (χ4v) is 1.69. The molecule has 0 aromatic carbocycles. The van der Waals surface area contributed by atoms with Gasteiger partial charge >= 0.3 is 0 Å². The van der Waals surface area contributed by atoms with Gasteiger partial charge in [0.25, 0.3) is 0 Å². The van der Waals surface area contributed by atoms with Crippen LogP contribution in [0.5, 0.6) is 5.75 Å². The number of aromatic nitrogens is 1. The zero-order valence-corrected chi connectivity index (χ0v) is 8.53. The van der Waals surface area contributed by atoms with Crippen molar-refractivity contribution in [3.63, 3.8) is 0 Å². The molecule has 0 spiro atoms. The van der Waals surface area contributed by atoms with E-state index in [2.05, 4.69) is 4.98 Å². The minimum absolute atomic E-state index is 0.386. The summed E-state index contributed by atoms with van der Waals surface area (Å²) in [6.45, 7) is 1.85. The second-order valence-electron chi connectivity index (χ2n) is 4.04. The third kappa shape index (κ3) is 1.60. The fraction of sp³-hybridized carbons (Fsp3) is 0.545. The molecule has 0 bridgehead atoms. The van der Waals surface area contributed by atoms with E-state index in [4.69, 9.17) is 4.74 Å². The molecular weight excluding hydrogens is 178 g/mol. The van der Waals surface area contributed by atoms with Crippen molar-refractivity contribution in [2.75, 3.05) is 7.11 Å². The summed E-state index contributed by atoms with van der Waals surface area (Å²) in [4.78, 5) is 4.05. The molecule has 1 fully saturated rings. The molecule has 1 aliphatic carbocycles. The van der Waals surface area contributed by atoms with Gasteiger partial charge in [-0.2, -0.15) is 0 Å². The van der Waals surface area contributed by atoms with E-state index in [0.29, 0.717) is 11.7 Å². The van der Waals surface area contributed by atoms with Crippen LogP contribution in [-0.2, 0) is 5.60 Å². The summed E-state index contributed by atoms with van der Waals surface area (Å²) in [7, 11) is 1.60. The predicted octanol–water partition coefficient (Wildman–Crippen LogP) is 1.71. The van der Waals surface area contributed by atoms with Gasteiger partial charge in [0.15, 0.2) is 0 Å². The van der Waals surface area contributed by atoms with Crippen LogP contribution in [0.1, 0.15) is 25.3 Å².